The van der Waals surface area contributed by atoms with Crippen LogP contribution in [0.25, 0.3) is 0 Å². The highest BCUT2D eigenvalue weighted by Gasteiger charge is 2.32. The lowest BCUT2D eigenvalue weighted by atomic mass is 9.85. The molecule has 1 heterocycles. The molecule has 3 amide bonds. The third kappa shape index (κ3) is 9.98. The number of carbonyl (C=O) groups is 2. The van der Waals surface area contributed by atoms with Crippen molar-refractivity contribution in [3.8, 4) is 0 Å². The number of halogens is 1. The van der Waals surface area contributed by atoms with Crippen molar-refractivity contribution >= 4 is 23.7 Å². The topological polar surface area (TPSA) is 91.9 Å². The first kappa shape index (κ1) is 29.5. The number of rotatable bonds is 12. The van der Waals surface area contributed by atoms with E-state index in [1.165, 1.54) is 32.1 Å². The number of nitrogens with one attached hydrogen (secondary N) is 3. The van der Waals surface area contributed by atoms with Gasteiger partial charge in [0.1, 0.15) is 0 Å². The molecule has 1 saturated heterocycles. The van der Waals surface area contributed by atoms with E-state index in [0.717, 1.165) is 37.9 Å². The molecule has 0 spiro atoms. The number of likely N-dealkylation sites (N-methyl/N-ethyl adjacent to an activating group) is 1. The Hall–Kier alpha value is -2.03. The molecule has 2 aliphatic rings. The first-order valence-corrected chi connectivity index (χ1v) is 14.4. The van der Waals surface area contributed by atoms with Gasteiger partial charge in [0, 0.05) is 43.2 Å². The summed E-state index contributed by atoms with van der Waals surface area (Å²) in [6.45, 7) is 4.92. The Morgan fingerprint density at radius 3 is 2.70 bits per heavy atom. The molecule has 3 atom stereocenters. The van der Waals surface area contributed by atoms with E-state index in [0.29, 0.717) is 37.2 Å². The lowest BCUT2D eigenvalue weighted by Gasteiger charge is -2.38. The minimum Gasteiger partial charge on any atom is -0.450 e. The van der Waals surface area contributed by atoms with Gasteiger partial charge in [0.25, 0.3) is 0 Å². The number of urea groups is 1. The number of carbonyl (C=O) groups excluding carboxylic acids is 2. The standard InChI is InChI=1S/C28H45ClN4O4/c1-3-36-28(35)31-14-16-37-26(22-11-7-13-24(29)18-22)23-12-8-15-33(20-23)27(34)32-25(19-30-2)17-21-9-5-4-6-10-21/h7,11,13,18,21,23,25-26,30H,3-6,8-10,12,14-17,19-20H2,1-2H3,(H,31,35)(H,32,34)/t23-,25+,26+/m1/s1. The average molecular weight is 537 g/mol. The van der Waals surface area contributed by atoms with Crippen LogP contribution in [0, 0.1) is 11.8 Å². The monoisotopic (exact) mass is 536 g/mol. The van der Waals surface area contributed by atoms with Crippen molar-refractivity contribution in [2.75, 3.05) is 46.4 Å². The maximum Gasteiger partial charge on any atom is 0.407 e. The van der Waals surface area contributed by atoms with E-state index in [1.54, 1.807) is 6.92 Å². The van der Waals surface area contributed by atoms with Crippen LogP contribution in [0.5, 0.6) is 0 Å². The van der Waals surface area contributed by atoms with Crippen molar-refractivity contribution in [1.82, 2.24) is 20.9 Å². The predicted molar refractivity (Wildman–Crippen MR) is 147 cm³/mol. The number of benzene rings is 1. The summed E-state index contributed by atoms with van der Waals surface area (Å²) in [6.07, 6.45) is 8.71. The molecule has 1 aromatic carbocycles. The van der Waals surface area contributed by atoms with Crippen molar-refractivity contribution in [3.05, 3.63) is 34.9 Å². The molecule has 208 valence electrons. The second-order valence-corrected chi connectivity index (χ2v) is 10.7. The van der Waals surface area contributed by atoms with Crippen molar-refractivity contribution in [2.24, 2.45) is 11.8 Å². The van der Waals surface area contributed by atoms with Gasteiger partial charge < -0.3 is 30.3 Å². The summed E-state index contributed by atoms with van der Waals surface area (Å²) in [5, 5.41) is 9.94. The maximum atomic E-state index is 13.3. The molecule has 0 radical (unpaired) electrons. The van der Waals surface area contributed by atoms with E-state index in [1.807, 2.05) is 36.2 Å². The highest BCUT2D eigenvalue weighted by molar-refractivity contribution is 6.30. The zero-order valence-corrected chi connectivity index (χ0v) is 23.2. The Bertz CT molecular complexity index is 836. The molecule has 3 N–H and O–H groups in total. The lowest BCUT2D eigenvalue weighted by molar-refractivity contribution is -0.00877. The van der Waals surface area contributed by atoms with Gasteiger partial charge in [0.15, 0.2) is 0 Å². The number of ether oxygens (including phenoxy) is 2. The average Bonchev–Trinajstić information content (AvgIpc) is 2.89. The minimum absolute atomic E-state index is 0.00887. The van der Waals surface area contributed by atoms with E-state index >= 15 is 0 Å². The summed E-state index contributed by atoms with van der Waals surface area (Å²) in [6, 6.07) is 7.86. The summed E-state index contributed by atoms with van der Waals surface area (Å²) in [5.41, 5.74) is 0.987. The lowest BCUT2D eigenvalue weighted by Crippen LogP contribution is -2.52. The van der Waals surface area contributed by atoms with Gasteiger partial charge in [-0.2, -0.15) is 0 Å². The van der Waals surface area contributed by atoms with Crippen LogP contribution in [-0.2, 0) is 9.47 Å². The normalized spacial score (nSPS) is 20.2. The van der Waals surface area contributed by atoms with Crippen molar-refractivity contribution in [3.63, 3.8) is 0 Å². The van der Waals surface area contributed by atoms with Crippen LogP contribution in [0.2, 0.25) is 5.02 Å². The van der Waals surface area contributed by atoms with Gasteiger partial charge in [0.2, 0.25) is 0 Å². The van der Waals surface area contributed by atoms with Gasteiger partial charge in [-0.05, 0) is 56.8 Å². The number of alkyl carbamates (subject to hydrolysis) is 1. The van der Waals surface area contributed by atoms with E-state index in [4.69, 9.17) is 21.1 Å². The Balaban J connectivity index is 1.61. The molecular formula is C28H45ClN4O4. The number of likely N-dealkylation sites (tertiary alicyclic amines) is 1. The van der Waals surface area contributed by atoms with Gasteiger partial charge in [-0.15, -0.1) is 0 Å². The molecule has 0 unspecified atom stereocenters. The van der Waals surface area contributed by atoms with Crippen molar-refractivity contribution in [2.45, 2.75) is 70.4 Å². The fourth-order valence-electron chi connectivity index (χ4n) is 5.68. The Morgan fingerprint density at radius 1 is 1.16 bits per heavy atom. The molecule has 1 aliphatic heterocycles. The third-order valence-corrected chi connectivity index (χ3v) is 7.65. The third-order valence-electron chi connectivity index (χ3n) is 7.42. The molecule has 1 aromatic rings. The molecular weight excluding hydrogens is 492 g/mol. The molecule has 0 bridgehead atoms. The highest BCUT2D eigenvalue weighted by atomic mass is 35.5. The van der Waals surface area contributed by atoms with E-state index in [-0.39, 0.29) is 24.1 Å². The molecule has 8 nitrogen and oxygen atoms in total. The smallest absolute Gasteiger partial charge is 0.407 e. The van der Waals surface area contributed by atoms with Crippen LogP contribution < -0.4 is 16.0 Å². The summed E-state index contributed by atoms with van der Waals surface area (Å²) < 4.78 is 11.2. The molecule has 0 aromatic heterocycles. The second kappa shape index (κ2) is 16.0. The van der Waals surface area contributed by atoms with E-state index < -0.39 is 6.09 Å². The van der Waals surface area contributed by atoms with Crippen LogP contribution in [0.15, 0.2) is 24.3 Å². The molecule has 37 heavy (non-hydrogen) atoms. The SMILES string of the molecule is CCOC(=O)NCCO[C@@H](c1cccc(Cl)c1)[C@@H]1CCCN(C(=O)N[C@H](CNC)CC2CCCCC2)C1. The Morgan fingerprint density at radius 2 is 1.97 bits per heavy atom. The minimum atomic E-state index is -0.449. The first-order chi connectivity index (χ1) is 18.0. The zero-order valence-electron chi connectivity index (χ0n) is 22.5. The van der Waals surface area contributed by atoms with Crippen LogP contribution in [0.4, 0.5) is 9.59 Å². The highest BCUT2D eigenvalue weighted by Crippen LogP contribution is 2.34. The van der Waals surface area contributed by atoms with Crippen molar-refractivity contribution < 1.29 is 19.1 Å². The number of hydrogen-bond acceptors (Lipinski definition) is 5. The second-order valence-electron chi connectivity index (χ2n) is 10.3. The van der Waals surface area contributed by atoms with Crippen LogP contribution in [0.3, 0.4) is 0 Å². The van der Waals surface area contributed by atoms with Crippen LogP contribution in [-0.4, -0.2) is 69.5 Å². The van der Waals surface area contributed by atoms with Gasteiger partial charge in [-0.1, -0.05) is 55.8 Å². The van der Waals surface area contributed by atoms with Gasteiger partial charge in [0.05, 0.1) is 19.3 Å². The number of nitrogens with zero attached hydrogens (tertiary/aromatic N) is 1. The number of hydrogen-bond donors (Lipinski definition) is 3. The van der Waals surface area contributed by atoms with Crippen molar-refractivity contribution in [1.29, 1.82) is 0 Å². The zero-order chi connectivity index (χ0) is 26.5. The van der Waals surface area contributed by atoms with E-state index in [9.17, 15) is 9.59 Å². The quantitative estimate of drug-likeness (QED) is 0.322. The first-order valence-electron chi connectivity index (χ1n) is 14.0. The summed E-state index contributed by atoms with van der Waals surface area (Å²) in [5.74, 6) is 0.826. The molecule has 3 rings (SSSR count). The summed E-state index contributed by atoms with van der Waals surface area (Å²) in [7, 11) is 1.95. The Kier molecular flexibility index (Phi) is 12.8. The molecule has 1 aliphatic carbocycles. The van der Waals surface area contributed by atoms with Gasteiger partial charge in [-0.3, -0.25) is 0 Å². The summed E-state index contributed by atoms with van der Waals surface area (Å²) >= 11 is 6.30. The van der Waals surface area contributed by atoms with E-state index in [2.05, 4.69) is 16.0 Å². The molecule has 9 heteroatoms. The Labute approximate surface area is 227 Å². The molecule has 2 fully saturated rings. The number of piperidine rings is 1. The van der Waals surface area contributed by atoms with Crippen LogP contribution >= 0.6 is 11.6 Å². The maximum absolute atomic E-state index is 13.3. The summed E-state index contributed by atoms with van der Waals surface area (Å²) in [4.78, 5) is 26.9. The molecule has 1 saturated carbocycles. The van der Waals surface area contributed by atoms with Gasteiger partial charge in [-0.25, -0.2) is 9.59 Å². The predicted octanol–water partition coefficient (Wildman–Crippen LogP) is 5.12. The fraction of sp³-hybridized carbons (Fsp3) is 0.714. The fourth-order valence-corrected chi connectivity index (χ4v) is 5.88. The largest absolute Gasteiger partial charge is 0.450 e. The number of amides is 3. The van der Waals surface area contributed by atoms with Crippen LogP contribution in [0.1, 0.15) is 70.0 Å². The van der Waals surface area contributed by atoms with Gasteiger partial charge >= 0.3 is 12.1 Å².